The van der Waals surface area contributed by atoms with Gasteiger partial charge in [-0.05, 0) is 49.6 Å². The van der Waals surface area contributed by atoms with Gasteiger partial charge in [-0.25, -0.2) is 4.68 Å². The average Bonchev–Trinajstić information content (AvgIpc) is 3.60. The molecule has 3 heterocycles. The molecule has 1 N–H and O–H groups in total. The van der Waals surface area contributed by atoms with Crippen LogP contribution in [-0.4, -0.2) is 60.9 Å². The minimum atomic E-state index is -0.266. The zero-order valence-electron chi connectivity index (χ0n) is 24.5. The van der Waals surface area contributed by atoms with E-state index in [4.69, 9.17) is 19.3 Å². The van der Waals surface area contributed by atoms with Crippen molar-refractivity contribution in [3.05, 3.63) is 89.0 Å². The normalized spacial score (nSPS) is 15.7. The standard InChI is InChI=1S/C33H34N4O5S/c1-21-10-12-25(22(2)16-21)37-33-30(31(35-37)23-8-5-4-6-9-23)32(24-11-13-26-27(17-24)42-20-41-26)43-19-29(39)36(33)18-28(38)34-14-7-15-40-3/h4-6,8-13,16-17,32H,7,14-15,18-20H2,1-3H3,(H,34,38)/t32-/m1/s1. The summed E-state index contributed by atoms with van der Waals surface area (Å²) in [7, 11) is 1.63. The molecule has 0 radical (unpaired) electrons. The molecule has 6 rings (SSSR count). The van der Waals surface area contributed by atoms with E-state index >= 15 is 0 Å². The Morgan fingerprint density at radius 1 is 1.07 bits per heavy atom. The predicted molar refractivity (Wildman–Crippen MR) is 167 cm³/mol. The molecule has 10 heteroatoms. The highest BCUT2D eigenvalue weighted by Crippen LogP contribution is 2.50. The lowest BCUT2D eigenvalue weighted by Gasteiger charge is -2.24. The van der Waals surface area contributed by atoms with Crippen molar-refractivity contribution in [1.82, 2.24) is 15.1 Å². The molecule has 0 fully saturated rings. The molecule has 43 heavy (non-hydrogen) atoms. The molecule has 2 aliphatic rings. The van der Waals surface area contributed by atoms with Crippen molar-refractivity contribution in [1.29, 1.82) is 0 Å². The maximum Gasteiger partial charge on any atom is 0.240 e. The number of methoxy groups -OCH3 is 1. The van der Waals surface area contributed by atoms with E-state index in [0.717, 1.165) is 39.2 Å². The molecular formula is C33H34N4O5S. The van der Waals surface area contributed by atoms with Gasteiger partial charge in [0.2, 0.25) is 18.6 Å². The highest BCUT2D eigenvalue weighted by Gasteiger charge is 2.38. The lowest BCUT2D eigenvalue weighted by atomic mass is 9.99. The van der Waals surface area contributed by atoms with Crippen LogP contribution in [0.5, 0.6) is 11.5 Å². The first kappa shape index (κ1) is 28.8. The molecule has 0 bridgehead atoms. The van der Waals surface area contributed by atoms with Crippen LogP contribution in [-0.2, 0) is 14.3 Å². The number of aryl methyl sites for hydroxylation is 2. The summed E-state index contributed by atoms with van der Waals surface area (Å²) in [4.78, 5) is 28.8. The minimum absolute atomic E-state index is 0.127. The van der Waals surface area contributed by atoms with Gasteiger partial charge >= 0.3 is 0 Å². The Kier molecular flexibility index (Phi) is 8.40. The number of rotatable bonds is 9. The molecular weight excluding hydrogens is 564 g/mol. The van der Waals surface area contributed by atoms with Gasteiger partial charge in [-0.1, -0.05) is 54.1 Å². The number of thioether (sulfide) groups is 1. The Morgan fingerprint density at radius 3 is 2.67 bits per heavy atom. The number of anilines is 1. The smallest absolute Gasteiger partial charge is 0.240 e. The molecule has 222 valence electrons. The Labute approximate surface area is 255 Å². The van der Waals surface area contributed by atoms with Gasteiger partial charge < -0.3 is 19.5 Å². The Balaban J connectivity index is 1.55. The minimum Gasteiger partial charge on any atom is -0.454 e. The number of aromatic nitrogens is 2. The van der Waals surface area contributed by atoms with Gasteiger partial charge in [0.25, 0.3) is 0 Å². The van der Waals surface area contributed by atoms with Crippen LogP contribution >= 0.6 is 11.8 Å². The van der Waals surface area contributed by atoms with Crippen LogP contribution in [0, 0.1) is 13.8 Å². The van der Waals surface area contributed by atoms with Crippen LogP contribution in [0.3, 0.4) is 0 Å². The molecule has 0 spiro atoms. The SMILES string of the molecule is COCCCNC(=O)CN1C(=O)CS[C@H](c2ccc3c(c2)OCO3)c2c(-c3ccccc3)nn(-c3ccc(C)cc3C)c21. The molecule has 4 aromatic rings. The maximum absolute atomic E-state index is 13.9. The fourth-order valence-corrected chi connectivity index (χ4v) is 6.71. The van der Waals surface area contributed by atoms with Gasteiger partial charge in [-0.15, -0.1) is 11.8 Å². The van der Waals surface area contributed by atoms with Gasteiger partial charge in [0.15, 0.2) is 11.5 Å². The fraction of sp³-hybridized carbons (Fsp3) is 0.303. The van der Waals surface area contributed by atoms with Crippen LogP contribution in [0.4, 0.5) is 5.82 Å². The van der Waals surface area contributed by atoms with E-state index in [1.54, 1.807) is 12.0 Å². The number of hydrogen-bond acceptors (Lipinski definition) is 7. The maximum atomic E-state index is 13.9. The highest BCUT2D eigenvalue weighted by atomic mass is 32.2. The first-order valence-corrected chi connectivity index (χ1v) is 15.3. The van der Waals surface area contributed by atoms with E-state index in [9.17, 15) is 9.59 Å². The number of nitrogens with one attached hydrogen (secondary N) is 1. The topological polar surface area (TPSA) is 94.9 Å². The van der Waals surface area contributed by atoms with Gasteiger partial charge in [-0.2, -0.15) is 5.10 Å². The summed E-state index contributed by atoms with van der Waals surface area (Å²) >= 11 is 1.52. The largest absolute Gasteiger partial charge is 0.454 e. The zero-order chi connectivity index (χ0) is 29.9. The number of fused-ring (bicyclic) bond motifs is 2. The van der Waals surface area contributed by atoms with Crippen LogP contribution in [0.2, 0.25) is 0 Å². The summed E-state index contributed by atoms with van der Waals surface area (Å²) < 4.78 is 18.3. The van der Waals surface area contributed by atoms with Gasteiger partial charge in [-0.3, -0.25) is 14.5 Å². The summed E-state index contributed by atoms with van der Waals surface area (Å²) in [6, 6.07) is 22.0. The summed E-state index contributed by atoms with van der Waals surface area (Å²) in [5, 5.41) is 7.88. The van der Waals surface area contributed by atoms with Crippen LogP contribution in [0.1, 0.15) is 33.9 Å². The monoisotopic (exact) mass is 598 g/mol. The van der Waals surface area contributed by atoms with Gasteiger partial charge in [0.05, 0.1) is 22.4 Å². The Bertz CT molecular complexity index is 1650. The third-order valence-electron chi connectivity index (χ3n) is 7.57. The lowest BCUT2D eigenvalue weighted by Crippen LogP contribution is -2.42. The van der Waals surface area contributed by atoms with Crippen molar-refractivity contribution in [2.45, 2.75) is 25.5 Å². The van der Waals surface area contributed by atoms with E-state index in [2.05, 4.69) is 11.4 Å². The highest BCUT2D eigenvalue weighted by molar-refractivity contribution is 8.00. The molecule has 0 unspecified atom stereocenters. The molecule has 1 aromatic heterocycles. The first-order valence-electron chi connectivity index (χ1n) is 14.3. The quantitative estimate of drug-likeness (QED) is 0.265. The van der Waals surface area contributed by atoms with E-state index in [1.807, 2.05) is 79.2 Å². The van der Waals surface area contributed by atoms with E-state index in [-0.39, 0.29) is 36.2 Å². The summed E-state index contributed by atoms with van der Waals surface area (Å²) in [6.45, 7) is 5.13. The number of hydrogen-bond donors (Lipinski definition) is 1. The van der Waals surface area contributed by atoms with Crippen molar-refractivity contribution in [3.63, 3.8) is 0 Å². The third kappa shape index (κ3) is 5.85. The average molecular weight is 599 g/mol. The molecule has 0 aliphatic carbocycles. The number of nitrogens with zero attached hydrogens (tertiary/aromatic N) is 3. The fourth-order valence-electron chi connectivity index (χ4n) is 5.52. The van der Waals surface area contributed by atoms with Gasteiger partial charge in [0, 0.05) is 31.4 Å². The summed E-state index contributed by atoms with van der Waals surface area (Å²) in [5.74, 6) is 1.75. The second-order valence-corrected chi connectivity index (χ2v) is 11.7. The Morgan fingerprint density at radius 2 is 1.88 bits per heavy atom. The van der Waals surface area contributed by atoms with Crippen LogP contribution < -0.4 is 19.7 Å². The van der Waals surface area contributed by atoms with E-state index in [0.29, 0.717) is 36.9 Å². The molecule has 0 saturated heterocycles. The second kappa shape index (κ2) is 12.5. The molecule has 2 aliphatic heterocycles. The van der Waals surface area contributed by atoms with Crippen molar-refractivity contribution < 1.29 is 23.8 Å². The number of carbonyl (C=O) groups excluding carboxylic acids is 2. The van der Waals surface area contributed by atoms with Crippen LogP contribution in [0.15, 0.2) is 66.7 Å². The first-order chi connectivity index (χ1) is 20.9. The second-order valence-electron chi connectivity index (χ2n) is 10.6. The summed E-state index contributed by atoms with van der Waals surface area (Å²) in [5.41, 5.74) is 6.49. The third-order valence-corrected chi connectivity index (χ3v) is 8.82. The Hall–Kier alpha value is -4.28. The number of carbonyl (C=O) groups is 2. The van der Waals surface area contributed by atoms with Crippen molar-refractivity contribution in [2.24, 2.45) is 0 Å². The van der Waals surface area contributed by atoms with E-state index < -0.39 is 0 Å². The van der Waals surface area contributed by atoms with Crippen molar-refractivity contribution >= 4 is 29.4 Å². The zero-order valence-corrected chi connectivity index (χ0v) is 25.3. The number of amides is 2. The number of benzene rings is 3. The molecule has 9 nitrogen and oxygen atoms in total. The molecule has 1 atom stereocenters. The van der Waals surface area contributed by atoms with Gasteiger partial charge in [0.1, 0.15) is 12.4 Å². The predicted octanol–water partition coefficient (Wildman–Crippen LogP) is 5.21. The lowest BCUT2D eigenvalue weighted by molar-refractivity contribution is -0.122. The van der Waals surface area contributed by atoms with Crippen LogP contribution in [0.25, 0.3) is 16.9 Å². The van der Waals surface area contributed by atoms with Crippen molar-refractivity contribution in [3.8, 4) is 28.4 Å². The number of ether oxygens (including phenoxy) is 3. The summed E-state index contributed by atoms with van der Waals surface area (Å²) in [6.07, 6.45) is 0.683. The van der Waals surface area contributed by atoms with E-state index in [1.165, 1.54) is 11.8 Å². The molecule has 0 saturated carbocycles. The van der Waals surface area contributed by atoms with Crippen molar-refractivity contribution in [2.75, 3.05) is 44.3 Å². The molecule has 2 amide bonds. The molecule has 3 aromatic carbocycles.